The van der Waals surface area contributed by atoms with Gasteiger partial charge < -0.3 is 0 Å². The highest BCUT2D eigenvalue weighted by molar-refractivity contribution is 9.10. The van der Waals surface area contributed by atoms with E-state index in [-0.39, 0.29) is 11.0 Å². The molecule has 0 bridgehead atoms. The minimum Gasteiger partial charge on any atom is -0.294 e. The van der Waals surface area contributed by atoms with Crippen molar-refractivity contribution >= 4 is 45.1 Å². The van der Waals surface area contributed by atoms with E-state index < -0.39 is 0 Å². The van der Waals surface area contributed by atoms with Gasteiger partial charge in [0.2, 0.25) is 0 Å². The number of halogens is 2. The SMILES string of the molecule is O=C(CC(Sc1ccc(Cl)cc1)c1ccccc1)c1ccc(Br)cc1. The van der Waals surface area contributed by atoms with Gasteiger partial charge in [-0.2, -0.15) is 0 Å². The highest BCUT2D eigenvalue weighted by atomic mass is 79.9. The van der Waals surface area contributed by atoms with Crippen LogP contribution in [0.3, 0.4) is 0 Å². The van der Waals surface area contributed by atoms with E-state index in [0.717, 1.165) is 20.5 Å². The summed E-state index contributed by atoms with van der Waals surface area (Å²) in [4.78, 5) is 13.8. The molecule has 0 aromatic heterocycles. The van der Waals surface area contributed by atoms with Crippen LogP contribution in [0, 0.1) is 0 Å². The van der Waals surface area contributed by atoms with Crippen LogP contribution in [0.15, 0.2) is 88.2 Å². The first-order chi connectivity index (χ1) is 12.1. The second kappa shape index (κ2) is 8.70. The second-order valence-corrected chi connectivity index (χ2v) is 8.23. The van der Waals surface area contributed by atoms with E-state index in [1.165, 1.54) is 0 Å². The quantitative estimate of drug-likeness (QED) is 0.303. The molecule has 0 amide bonds. The van der Waals surface area contributed by atoms with Crippen molar-refractivity contribution in [1.82, 2.24) is 0 Å². The maximum Gasteiger partial charge on any atom is 0.164 e. The molecule has 3 aromatic carbocycles. The minimum absolute atomic E-state index is 0.0542. The van der Waals surface area contributed by atoms with Crippen molar-refractivity contribution in [1.29, 1.82) is 0 Å². The summed E-state index contributed by atoms with van der Waals surface area (Å²) >= 11 is 11.1. The summed E-state index contributed by atoms with van der Waals surface area (Å²) in [5.41, 5.74) is 1.88. The Bertz CT molecular complexity index is 832. The summed E-state index contributed by atoms with van der Waals surface area (Å²) < 4.78 is 0.971. The zero-order chi connectivity index (χ0) is 17.6. The van der Waals surface area contributed by atoms with Crippen molar-refractivity contribution in [2.75, 3.05) is 0 Å². The largest absolute Gasteiger partial charge is 0.294 e. The number of thioether (sulfide) groups is 1. The minimum atomic E-state index is 0.0542. The van der Waals surface area contributed by atoms with Crippen molar-refractivity contribution in [2.24, 2.45) is 0 Å². The molecule has 0 spiro atoms. The average Bonchev–Trinajstić information content (AvgIpc) is 2.64. The van der Waals surface area contributed by atoms with Crippen molar-refractivity contribution in [2.45, 2.75) is 16.6 Å². The molecule has 0 aliphatic heterocycles. The number of carbonyl (C=O) groups excluding carboxylic acids is 1. The van der Waals surface area contributed by atoms with E-state index in [1.54, 1.807) is 11.8 Å². The van der Waals surface area contributed by atoms with E-state index in [2.05, 4.69) is 28.1 Å². The van der Waals surface area contributed by atoms with E-state index >= 15 is 0 Å². The van der Waals surface area contributed by atoms with Crippen molar-refractivity contribution < 1.29 is 4.79 Å². The Morgan fingerprint density at radius 1 is 0.920 bits per heavy atom. The van der Waals surface area contributed by atoms with Crippen LogP contribution in [0.2, 0.25) is 5.02 Å². The normalized spacial score (nSPS) is 11.9. The van der Waals surface area contributed by atoms with Crippen LogP contribution in [0.4, 0.5) is 0 Å². The molecule has 0 aliphatic rings. The molecule has 0 saturated heterocycles. The van der Waals surface area contributed by atoms with Gasteiger partial charge in [-0.25, -0.2) is 0 Å². The van der Waals surface area contributed by atoms with Gasteiger partial charge in [0.05, 0.1) is 0 Å². The van der Waals surface area contributed by atoms with Crippen LogP contribution in [0.25, 0.3) is 0 Å². The van der Waals surface area contributed by atoms with E-state index in [4.69, 9.17) is 11.6 Å². The highest BCUT2D eigenvalue weighted by Crippen LogP contribution is 2.38. The van der Waals surface area contributed by atoms with Crippen LogP contribution >= 0.6 is 39.3 Å². The summed E-state index contributed by atoms with van der Waals surface area (Å²) in [6.07, 6.45) is 0.443. The zero-order valence-corrected chi connectivity index (χ0v) is 16.5. The van der Waals surface area contributed by atoms with Gasteiger partial charge in [0.15, 0.2) is 5.78 Å². The van der Waals surface area contributed by atoms with Crippen LogP contribution in [-0.4, -0.2) is 5.78 Å². The van der Waals surface area contributed by atoms with Gasteiger partial charge in [-0.15, -0.1) is 11.8 Å². The van der Waals surface area contributed by atoms with E-state index in [0.29, 0.717) is 11.4 Å². The summed E-state index contributed by atoms with van der Waals surface area (Å²) in [6, 6.07) is 25.4. The van der Waals surface area contributed by atoms with E-state index in [9.17, 15) is 4.79 Å². The standard InChI is InChI=1S/C21H16BrClOS/c22-17-8-6-15(7-9-17)20(24)14-21(16-4-2-1-3-5-16)25-19-12-10-18(23)11-13-19/h1-13,21H,14H2. The van der Waals surface area contributed by atoms with Crippen LogP contribution < -0.4 is 0 Å². The molecule has 0 radical (unpaired) electrons. The van der Waals surface area contributed by atoms with Crippen LogP contribution in [0.1, 0.15) is 27.6 Å². The summed E-state index contributed by atoms with van der Waals surface area (Å²) in [6.45, 7) is 0. The summed E-state index contributed by atoms with van der Waals surface area (Å²) in [7, 11) is 0. The third-order valence-corrected chi connectivity index (χ3v) is 5.85. The predicted molar refractivity (Wildman–Crippen MR) is 110 cm³/mol. The molecule has 0 saturated carbocycles. The molecule has 0 N–H and O–H groups in total. The first-order valence-electron chi connectivity index (χ1n) is 7.88. The fourth-order valence-electron chi connectivity index (χ4n) is 2.49. The molecule has 1 unspecified atom stereocenters. The topological polar surface area (TPSA) is 17.1 Å². The number of benzene rings is 3. The molecular formula is C21H16BrClOS. The van der Waals surface area contributed by atoms with Crippen molar-refractivity contribution in [3.8, 4) is 0 Å². The molecule has 126 valence electrons. The number of carbonyl (C=O) groups is 1. The third-order valence-electron chi connectivity index (χ3n) is 3.80. The van der Waals surface area contributed by atoms with Crippen LogP contribution in [0.5, 0.6) is 0 Å². The lowest BCUT2D eigenvalue weighted by molar-refractivity contribution is 0.0982. The van der Waals surface area contributed by atoms with E-state index in [1.807, 2.05) is 66.7 Å². The van der Waals surface area contributed by atoms with Gasteiger partial charge in [-0.05, 0) is 42.0 Å². The molecular weight excluding hydrogens is 416 g/mol. The lowest BCUT2D eigenvalue weighted by Crippen LogP contribution is -2.05. The van der Waals surface area contributed by atoms with Gasteiger partial charge >= 0.3 is 0 Å². The monoisotopic (exact) mass is 430 g/mol. The average molecular weight is 432 g/mol. The Kier molecular flexibility index (Phi) is 6.35. The van der Waals surface area contributed by atoms with Gasteiger partial charge in [0.25, 0.3) is 0 Å². The Morgan fingerprint density at radius 3 is 2.20 bits per heavy atom. The summed E-state index contributed by atoms with van der Waals surface area (Å²) in [5, 5.41) is 0.769. The first kappa shape index (κ1) is 18.2. The molecule has 25 heavy (non-hydrogen) atoms. The molecule has 0 heterocycles. The molecule has 4 heteroatoms. The lowest BCUT2D eigenvalue weighted by atomic mass is 10.0. The molecule has 3 rings (SSSR count). The van der Waals surface area contributed by atoms with Gasteiger partial charge in [0.1, 0.15) is 0 Å². The fourth-order valence-corrected chi connectivity index (χ4v) is 4.03. The first-order valence-corrected chi connectivity index (χ1v) is 9.93. The number of rotatable bonds is 6. The Hall–Kier alpha value is -1.55. The zero-order valence-electron chi connectivity index (χ0n) is 13.4. The molecule has 1 nitrogen and oxygen atoms in total. The Labute approximate surface area is 165 Å². The van der Waals surface area contributed by atoms with Gasteiger partial charge in [-0.1, -0.05) is 70.0 Å². The fraction of sp³-hybridized carbons (Fsp3) is 0.0952. The van der Waals surface area contributed by atoms with Gasteiger partial charge in [0, 0.05) is 31.6 Å². The smallest absolute Gasteiger partial charge is 0.164 e. The summed E-state index contributed by atoms with van der Waals surface area (Å²) in [5.74, 6) is 0.141. The number of ketones is 1. The maximum absolute atomic E-state index is 12.7. The number of hydrogen-bond acceptors (Lipinski definition) is 2. The molecule has 1 atom stereocenters. The maximum atomic E-state index is 12.7. The molecule has 3 aromatic rings. The van der Waals surface area contributed by atoms with Crippen molar-refractivity contribution in [3.63, 3.8) is 0 Å². The predicted octanol–water partition coefficient (Wildman–Crippen LogP) is 7.21. The number of Topliss-reactive ketones (excluding diaryl/α,β-unsaturated/α-hetero) is 1. The highest BCUT2D eigenvalue weighted by Gasteiger charge is 2.18. The molecule has 0 aliphatic carbocycles. The van der Waals surface area contributed by atoms with Gasteiger partial charge in [-0.3, -0.25) is 4.79 Å². The lowest BCUT2D eigenvalue weighted by Gasteiger charge is -2.17. The molecule has 0 fully saturated rings. The van der Waals surface area contributed by atoms with Crippen molar-refractivity contribution in [3.05, 3.63) is 99.5 Å². The number of hydrogen-bond donors (Lipinski definition) is 0. The third kappa shape index (κ3) is 5.21. The Balaban J connectivity index is 1.82. The Morgan fingerprint density at radius 2 is 1.56 bits per heavy atom. The second-order valence-electron chi connectivity index (χ2n) is 5.61. The van der Waals surface area contributed by atoms with Crippen LogP contribution in [-0.2, 0) is 0 Å².